The summed E-state index contributed by atoms with van der Waals surface area (Å²) in [5.41, 5.74) is 3.11. The van der Waals surface area contributed by atoms with E-state index in [1.807, 2.05) is 48.9 Å². The van der Waals surface area contributed by atoms with E-state index in [0.29, 0.717) is 5.92 Å². The minimum Gasteiger partial charge on any atom is -0.480 e. The maximum atomic E-state index is 13.0. The van der Waals surface area contributed by atoms with Gasteiger partial charge in [-0.15, -0.1) is 0 Å². The quantitative estimate of drug-likeness (QED) is 0.235. The summed E-state index contributed by atoms with van der Waals surface area (Å²) in [6, 6.07) is 16.0. The number of carbonyl (C=O) groups is 1. The van der Waals surface area contributed by atoms with Crippen molar-refractivity contribution in [3.63, 3.8) is 0 Å². The van der Waals surface area contributed by atoms with Crippen LogP contribution < -0.4 is 0 Å². The summed E-state index contributed by atoms with van der Waals surface area (Å²) < 4.78 is 25.8. The van der Waals surface area contributed by atoms with Gasteiger partial charge in [-0.2, -0.15) is 11.3 Å². The van der Waals surface area contributed by atoms with E-state index in [4.69, 9.17) is 0 Å². The van der Waals surface area contributed by atoms with E-state index in [1.165, 1.54) is 49.8 Å². The molecule has 1 fully saturated rings. The molecule has 0 aliphatic carbocycles. The molecular weight excluding hydrogens is 524 g/mol. The normalized spacial score (nSPS) is 15.6. The summed E-state index contributed by atoms with van der Waals surface area (Å²) in [5, 5.41) is 13.4. The lowest BCUT2D eigenvalue weighted by molar-refractivity contribution is -0.143. The lowest BCUT2D eigenvalue weighted by atomic mass is 9.92. The topological polar surface area (TPSA) is 40.5 Å². The van der Waals surface area contributed by atoms with Gasteiger partial charge >= 0.3 is 5.97 Å². The van der Waals surface area contributed by atoms with Crippen LogP contribution in [0.15, 0.2) is 65.4 Å². The first-order chi connectivity index (χ1) is 19.4. The van der Waals surface area contributed by atoms with Crippen LogP contribution in [0.3, 0.4) is 0 Å². The van der Waals surface area contributed by atoms with Crippen LogP contribution in [0, 0.1) is 17.6 Å². The van der Waals surface area contributed by atoms with E-state index in [1.54, 1.807) is 17.4 Å². The minimum absolute atomic E-state index is 0.441. The van der Waals surface area contributed by atoms with Crippen LogP contribution in [0.4, 0.5) is 8.78 Å². The Morgan fingerprint density at radius 3 is 2.27 bits per heavy atom. The molecule has 1 aromatic heterocycles. The van der Waals surface area contributed by atoms with E-state index in [-0.39, 0.29) is 0 Å². The maximum Gasteiger partial charge on any atom is 0.325 e. The van der Waals surface area contributed by atoms with Gasteiger partial charge in [0.2, 0.25) is 0 Å². The van der Waals surface area contributed by atoms with Gasteiger partial charge in [-0.3, -0.25) is 9.69 Å². The van der Waals surface area contributed by atoms with Gasteiger partial charge in [-0.05, 0) is 83.3 Å². The van der Waals surface area contributed by atoms with Crippen LogP contribution in [-0.2, 0) is 11.2 Å². The minimum atomic E-state index is -0.756. The van der Waals surface area contributed by atoms with Crippen LogP contribution in [0.1, 0.15) is 101 Å². The fraction of sp³-hybridized carbons (Fsp3) is 0.500. The number of halogens is 2. The van der Waals surface area contributed by atoms with E-state index in [2.05, 4.69) is 30.9 Å². The fourth-order valence-corrected chi connectivity index (χ4v) is 6.18. The van der Waals surface area contributed by atoms with E-state index in [9.17, 15) is 18.7 Å². The molecule has 1 saturated heterocycles. The average Bonchev–Trinajstić information content (AvgIpc) is 3.66. The highest BCUT2D eigenvalue weighted by atomic mass is 32.1. The Kier molecular flexibility index (Phi) is 15.7. The third-order valence-electron chi connectivity index (χ3n) is 7.40. The monoisotopic (exact) mass is 571 g/mol. The molecule has 3 aromatic rings. The highest BCUT2D eigenvalue weighted by molar-refractivity contribution is 7.08. The summed E-state index contributed by atoms with van der Waals surface area (Å²) >= 11 is 1.55. The van der Waals surface area contributed by atoms with Crippen molar-refractivity contribution < 1.29 is 18.7 Å². The van der Waals surface area contributed by atoms with Gasteiger partial charge < -0.3 is 5.11 Å². The first-order valence-corrected chi connectivity index (χ1v) is 15.8. The number of carboxylic acids is 1. The molecule has 220 valence electrons. The zero-order chi connectivity index (χ0) is 29.3. The fourth-order valence-electron chi connectivity index (χ4n) is 5.50. The molecule has 40 heavy (non-hydrogen) atoms. The van der Waals surface area contributed by atoms with Crippen LogP contribution in [0.5, 0.6) is 0 Å². The predicted octanol–water partition coefficient (Wildman–Crippen LogP) is 9.89. The third kappa shape index (κ3) is 10.8. The summed E-state index contributed by atoms with van der Waals surface area (Å²) in [5.74, 6) is -1.00. The first-order valence-electron chi connectivity index (χ1n) is 14.9. The molecule has 2 atom stereocenters. The Balaban J connectivity index is 0.000000266. The molecule has 1 aliphatic heterocycles. The van der Waals surface area contributed by atoms with Crippen molar-refractivity contribution in [1.82, 2.24) is 4.90 Å². The molecule has 1 N–H and O–H groups in total. The summed E-state index contributed by atoms with van der Waals surface area (Å²) in [4.78, 5) is 13.7. The lowest BCUT2D eigenvalue weighted by Crippen LogP contribution is -2.32. The molecule has 6 heteroatoms. The number of aliphatic carboxylic acids is 1. The van der Waals surface area contributed by atoms with Gasteiger partial charge in [-0.25, -0.2) is 8.78 Å². The molecule has 1 aliphatic rings. The maximum absolute atomic E-state index is 13.0. The number of rotatable bonds is 12. The Morgan fingerprint density at radius 1 is 1.00 bits per heavy atom. The van der Waals surface area contributed by atoms with E-state index < -0.39 is 23.6 Å². The largest absolute Gasteiger partial charge is 0.480 e. The van der Waals surface area contributed by atoms with Gasteiger partial charge in [-0.1, -0.05) is 96.2 Å². The highest BCUT2D eigenvalue weighted by Gasteiger charge is 2.34. The summed E-state index contributed by atoms with van der Waals surface area (Å²) in [7, 11) is 0. The molecule has 0 amide bonds. The molecule has 0 unspecified atom stereocenters. The Labute approximate surface area is 244 Å². The van der Waals surface area contributed by atoms with Crippen LogP contribution in [0.2, 0.25) is 0 Å². The number of hydrogen-bond acceptors (Lipinski definition) is 3. The molecule has 0 spiro atoms. The van der Waals surface area contributed by atoms with Gasteiger partial charge in [0, 0.05) is 6.54 Å². The number of hydrogen-bond donors (Lipinski definition) is 1. The Hall–Kier alpha value is -2.57. The second-order valence-electron chi connectivity index (χ2n) is 10.3. The average molecular weight is 572 g/mol. The number of aryl methyl sites for hydroxylation is 1. The standard InChI is InChI=1S/C16H24F2.C16H17NO2S.C2H6/c1-3-6-13(7-4-2)8-5-9-14-10-11-15(17)16(18)12-14;18-16(19)15(14-7-9-20-11-14)17-8-6-13(10-17)12-4-2-1-3-5-12;1-2/h10-13H,3-9H2,1-2H3;1-5,7,9,11,13,15H,6,8,10H2,(H,18,19);1-2H3/t;13-,15-;/m.1./s1. The van der Waals surface area contributed by atoms with Crippen LogP contribution in [-0.4, -0.2) is 29.1 Å². The molecule has 0 radical (unpaired) electrons. The number of likely N-dealkylation sites (tertiary alicyclic amines) is 1. The number of nitrogens with zero attached hydrogens (tertiary/aromatic N) is 1. The smallest absolute Gasteiger partial charge is 0.325 e. The van der Waals surface area contributed by atoms with Crippen molar-refractivity contribution in [1.29, 1.82) is 0 Å². The van der Waals surface area contributed by atoms with Crippen molar-refractivity contribution in [3.05, 3.63) is 93.7 Å². The molecule has 2 heterocycles. The number of thiophene rings is 1. The molecular formula is C34H47F2NO2S. The molecule has 0 bridgehead atoms. The second kappa shape index (κ2) is 18.7. The first kappa shape index (κ1) is 33.6. The van der Waals surface area contributed by atoms with Gasteiger partial charge in [0.05, 0.1) is 0 Å². The van der Waals surface area contributed by atoms with E-state index in [0.717, 1.165) is 49.4 Å². The van der Waals surface area contributed by atoms with Crippen LogP contribution >= 0.6 is 11.3 Å². The molecule has 3 nitrogen and oxygen atoms in total. The number of carboxylic acid groups (broad SMARTS) is 1. The van der Waals surface area contributed by atoms with Crippen molar-refractivity contribution >= 4 is 17.3 Å². The molecule has 4 rings (SSSR count). The number of benzene rings is 2. The van der Waals surface area contributed by atoms with Gasteiger partial charge in [0.1, 0.15) is 6.04 Å². The Bertz CT molecular complexity index is 1080. The second-order valence-corrected chi connectivity index (χ2v) is 11.1. The summed E-state index contributed by atoms with van der Waals surface area (Å²) in [6.07, 6.45) is 9.17. The Morgan fingerprint density at radius 2 is 1.70 bits per heavy atom. The zero-order valence-electron chi connectivity index (χ0n) is 24.6. The van der Waals surface area contributed by atoms with Gasteiger partial charge in [0.15, 0.2) is 11.6 Å². The third-order valence-corrected chi connectivity index (χ3v) is 8.11. The SMILES string of the molecule is CC.CCCC(CCC)CCCc1ccc(F)c(F)c1.O=C(O)[C@@H](c1ccsc1)N1CC[C@@H](c2ccccc2)C1. The van der Waals surface area contributed by atoms with Crippen molar-refractivity contribution in [3.8, 4) is 0 Å². The van der Waals surface area contributed by atoms with Crippen molar-refractivity contribution in [2.24, 2.45) is 5.92 Å². The molecule has 0 saturated carbocycles. The van der Waals surface area contributed by atoms with Crippen LogP contribution in [0.25, 0.3) is 0 Å². The predicted molar refractivity (Wildman–Crippen MR) is 164 cm³/mol. The van der Waals surface area contributed by atoms with Crippen molar-refractivity contribution in [2.45, 2.75) is 91.0 Å². The summed E-state index contributed by atoms with van der Waals surface area (Å²) in [6.45, 7) is 10.1. The lowest BCUT2D eigenvalue weighted by Gasteiger charge is -2.23. The zero-order valence-corrected chi connectivity index (χ0v) is 25.4. The highest BCUT2D eigenvalue weighted by Crippen LogP contribution is 2.33. The van der Waals surface area contributed by atoms with Gasteiger partial charge in [0.25, 0.3) is 0 Å². The van der Waals surface area contributed by atoms with E-state index >= 15 is 0 Å². The van der Waals surface area contributed by atoms with Crippen molar-refractivity contribution in [2.75, 3.05) is 13.1 Å². The molecule has 2 aromatic carbocycles.